The number of carbonyl (C=O) groups is 3. The topological polar surface area (TPSA) is 85.5 Å². The first-order chi connectivity index (χ1) is 11.9. The molecular weight excluding hydrogens is 342 g/mol. The second-order valence-corrected chi connectivity index (χ2v) is 6.34. The molecule has 0 radical (unpaired) electrons. The molecule has 0 aliphatic carbocycles. The summed E-state index contributed by atoms with van der Waals surface area (Å²) in [6.07, 6.45) is 0.811. The first kappa shape index (κ1) is 18.9. The molecule has 0 bridgehead atoms. The Labute approximate surface area is 150 Å². The number of rotatable bonds is 8. The van der Waals surface area contributed by atoms with Gasteiger partial charge in [-0.15, -0.1) is 0 Å². The molecule has 0 aromatic carbocycles. The SMILES string of the molecule is CCOC(=O)c1c(C)[nH]c(C(=O)COC(=O)CCc2ccsc2)c1C. The Bertz CT molecular complexity index is 761. The summed E-state index contributed by atoms with van der Waals surface area (Å²) in [6, 6.07) is 1.95. The van der Waals surface area contributed by atoms with Gasteiger partial charge in [-0.3, -0.25) is 9.59 Å². The van der Waals surface area contributed by atoms with E-state index in [-0.39, 0.29) is 31.1 Å². The molecule has 2 aromatic rings. The Kier molecular flexibility index (Phi) is 6.52. The largest absolute Gasteiger partial charge is 0.462 e. The van der Waals surface area contributed by atoms with Gasteiger partial charge in [-0.25, -0.2) is 4.79 Å². The van der Waals surface area contributed by atoms with Gasteiger partial charge in [0.25, 0.3) is 0 Å². The van der Waals surface area contributed by atoms with Gasteiger partial charge >= 0.3 is 11.9 Å². The Balaban J connectivity index is 1.93. The summed E-state index contributed by atoms with van der Waals surface area (Å²) in [5, 5.41) is 3.92. The second-order valence-electron chi connectivity index (χ2n) is 5.56. The minimum Gasteiger partial charge on any atom is -0.462 e. The van der Waals surface area contributed by atoms with E-state index in [0.29, 0.717) is 23.2 Å². The maximum atomic E-state index is 12.3. The molecule has 7 heteroatoms. The van der Waals surface area contributed by atoms with Crippen LogP contribution in [0.4, 0.5) is 0 Å². The Hall–Kier alpha value is -2.41. The third kappa shape index (κ3) is 4.79. The van der Waals surface area contributed by atoms with E-state index in [1.54, 1.807) is 32.1 Å². The molecule has 2 heterocycles. The molecule has 0 atom stereocenters. The lowest BCUT2D eigenvalue weighted by Crippen LogP contribution is -2.16. The van der Waals surface area contributed by atoms with E-state index in [1.807, 2.05) is 16.8 Å². The molecule has 0 saturated heterocycles. The van der Waals surface area contributed by atoms with Gasteiger partial charge in [-0.05, 0) is 55.1 Å². The van der Waals surface area contributed by atoms with Crippen LogP contribution in [0, 0.1) is 13.8 Å². The van der Waals surface area contributed by atoms with Crippen molar-refractivity contribution in [2.24, 2.45) is 0 Å². The fraction of sp³-hybridized carbons (Fsp3) is 0.389. The molecule has 2 aromatic heterocycles. The molecule has 1 N–H and O–H groups in total. The standard InChI is InChI=1S/C18H21NO5S/c1-4-23-18(22)16-11(2)17(19-12(16)3)14(20)9-24-15(21)6-5-13-7-8-25-10-13/h7-8,10,19H,4-6,9H2,1-3H3. The predicted molar refractivity (Wildman–Crippen MR) is 94.2 cm³/mol. The van der Waals surface area contributed by atoms with Crippen LogP contribution in [0.25, 0.3) is 0 Å². The average molecular weight is 363 g/mol. The van der Waals surface area contributed by atoms with Gasteiger partial charge in [-0.2, -0.15) is 11.3 Å². The van der Waals surface area contributed by atoms with E-state index >= 15 is 0 Å². The number of aromatic amines is 1. The van der Waals surface area contributed by atoms with E-state index in [0.717, 1.165) is 5.56 Å². The molecule has 0 aliphatic heterocycles. The van der Waals surface area contributed by atoms with Gasteiger partial charge < -0.3 is 14.5 Å². The van der Waals surface area contributed by atoms with Crippen LogP contribution in [0.3, 0.4) is 0 Å². The summed E-state index contributed by atoms with van der Waals surface area (Å²) in [5.74, 6) is -1.27. The van der Waals surface area contributed by atoms with Gasteiger partial charge in [0.2, 0.25) is 5.78 Å². The average Bonchev–Trinajstić information content (AvgIpc) is 3.18. The lowest BCUT2D eigenvalue weighted by molar-refractivity contribution is -0.142. The summed E-state index contributed by atoms with van der Waals surface area (Å²) < 4.78 is 10.0. The monoisotopic (exact) mass is 363 g/mol. The summed E-state index contributed by atoms with van der Waals surface area (Å²) in [5.41, 5.74) is 2.77. The number of nitrogens with one attached hydrogen (secondary N) is 1. The third-order valence-electron chi connectivity index (χ3n) is 3.76. The van der Waals surface area contributed by atoms with Crippen LogP contribution in [0.2, 0.25) is 0 Å². The van der Waals surface area contributed by atoms with Crippen LogP contribution < -0.4 is 0 Å². The van der Waals surface area contributed by atoms with Crippen molar-refractivity contribution in [1.29, 1.82) is 0 Å². The highest BCUT2D eigenvalue weighted by molar-refractivity contribution is 7.07. The van der Waals surface area contributed by atoms with E-state index in [1.165, 1.54) is 0 Å². The first-order valence-electron chi connectivity index (χ1n) is 8.00. The molecule has 25 heavy (non-hydrogen) atoms. The maximum Gasteiger partial charge on any atom is 0.340 e. The smallest absolute Gasteiger partial charge is 0.340 e. The van der Waals surface area contributed by atoms with Crippen LogP contribution in [-0.4, -0.2) is 35.9 Å². The fourth-order valence-electron chi connectivity index (χ4n) is 2.51. The number of ether oxygens (including phenoxy) is 2. The quantitative estimate of drug-likeness (QED) is 0.575. The molecule has 0 spiro atoms. The molecule has 2 rings (SSSR count). The number of hydrogen-bond donors (Lipinski definition) is 1. The summed E-state index contributed by atoms with van der Waals surface area (Å²) in [7, 11) is 0. The van der Waals surface area contributed by atoms with Crippen molar-refractivity contribution >= 4 is 29.1 Å². The number of Topliss-reactive ketones (excluding diaryl/α,β-unsaturated/α-hetero) is 1. The van der Waals surface area contributed by atoms with Crippen molar-refractivity contribution in [3.63, 3.8) is 0 Å². The van der Waals surface area contributed by atoms with Crippen LogP contribution in [-0.2, 0) is 20.7 Å². The summed E-state index contributed by atoms with van der Waals surface area (Å²) in [4.78, 5) is 38.9. The highest BCUT2D eigenvalue weighted by Gasteiger charge is 2.23. The number of H-pyrrole nitrogens is 1. The normalized spacial score (nSPS) is 10.5. The minimum atomic E-state index is -0.472. The van der Waals surface area contributed by atoms with Crippen LogP contribution in [0.5, 0.6) is 0 Å². The number of carbonyl (C=O) groups excluding carboxylic acids is 3. The number of ketones is 1. The van der Waals surface area contributed by atoms with E-state index < -0.39 is 11.9 Å². The highest BCUT2D eigenvalue weighted by Crippen LogP contribution is 2.19. The molecule has 0 fully saturated rings. The third-order valence-corrected chi connectivity index (χ3v) is 4.49. The van der Waals surface area contributed by atoms with E-state index in [9.17, 15) is 14.4 Å². The molecule has 0 unspecified atom stereocenters. The lowest BCUT2D eigenvalue weighted by atomic mass is 10.1. The van der Waals surface area contributed by atoms with Crippen molar-refractivity contribution in [3.05, 3.63) is 44.9 Å². The van der Waals surface area contributed by atoms with E-state index in [2.05, 4.69) is 4.98 Å². The minimum absolute atomic E-state index is 0.223. The Morgan fingerprint density at radius 2 is 1.96 bits per heavy atom. The summed E-state index contributed by atoms with van der Waals surface area (Å²) in [6.45, 7) is 4.99. The van der Waals surface area contributed by atoms with Crippen molar-refractivity contribution in [2.75, 3.05) is 13.2 Å². The molecule has 0 amide bonds. The number of aryl methyl sites for hydroxylation is 2. The predicted octanol–water partition coefficient (Wildman–Crippen LogP) is 3.23. The first-order valence-corrected chi connectivity index (χ1v) is 8.94. The van der Waals surface area contributed by atoms with Crippen LogP contribution in [0.15, 0.2) is 16.8 Å². The zero-order valence-electron chi connectivity index (χ0n) is 14.5. The lowest BCUT2D eigenvalue weighted by Gasteiger charge is -2.04. The van der Waals surface area contributed by atoms with Crippen molar-refractivity contribution in [3.8, 4) is 0 Å². The number of esters is 2. The highest BCUT2D eigenvalue weighted by atomic mass is 32.1. The maximum absolute atomic E-state index is 12.3. The fourth-order valence-corrected chi connectivity index (χ4v) is 3.21. The van der Waals surface area contributed by atoms with Gasteiger partial charge in [0.1, 0.15) is 0 Å². The molecular formula is C18H21NO5S. The molecule has 134 valence electrons. The number of aromatic nitrogens is 1. The van der Waals surface area contributed by atoms with Gasteiger partial charge in [-0.1, -0.05) is 0 Å². The van der Waals surface area contributed by atoms with Crippen LogP contribution >= 0.6 is 11.3 Å². The van der Waals surface area contributed by atoms with Crippen molar-refractivity contribution < 1.29 is 23.9 Å². The van der Waals surface area contributed by atoms with Crippen LogP contribution in [0.1, 0.15) is 51.0 Å². The summed E-state index contributed by atoms with van der Waals surface area (Å²) >= 11 is 1.57. The van der Waals surface area contributed by atoms with Gasteiger partial charge in [0, 0.05) is 12.1 Å². The second kappa shape index (κ2) is 8.62. The van der Waals surface area contributed by atoms with E-state index in [4.69, 9.17) is 9.47 Å². The van der Waals surface area contributed by atoms with Gasteiger partial charge in [0.05, 0.1) is 17.9 Å². The molecule has 6 nitrogen and oxygen atoms in total. The van der Waals surface area contributed by atoms with Crippen molar-refractivity contribution in [2.45, 2.75) is 33.6 Å². The zero-order chi connectivity index (χ0) is 18.4. The molecule has 0 aliphatic rings. The molecule has 0 saturated carbocycles. The van der Waals surface area contributed by atoms with Gasteiger partial charge in [0.15, 0.2) is 6.61 Å². The van der Waals surface area contributed by atoms with Crippen molar-refractivity contribution in [1.82, 2.24) is 4.98 Å². The Morgan fingerprint density at radius 1 is 1.20 bits per heavy atom. The Morgan fingerprint density at radius 3 is 2.60 bits per heavy atom. The number of hydrogen-bond acceptors (Lipinski definition) is 6. The zero-order valence-corrected chi connectivity index (χ0v) is 15.3. The number of thiophene rings is 1.